The van der Waals surface area contributed by atoms with Crippen LogP contribution in [0.25, 0.3) is 0 Å². The molecule has 0 aromatic heterocycles. The number of anilines is 1. The van der Waals surface area contributed by atoms with Gasteiger partial charge in [-0.3, -0.25) is 4.79 Å². The molecule has 1 aliphatic heterocycles. The summed E-state index contributed by atoms with van der Waals surface area (Å²) in [6.45, 7) is 0.799. The van der Waals surface area contributed by atoms with E-state index in [0.717, 1.165) is 36.4 Å². The summed E-state index contributed by atoms with van der Waals surface area (Å²) in [5.74, 6) is 1.10. The topological polar surface area (TPSA) is 20.3 Å². The molecule has 3 rings (SSSR count). The largest absolute Gasteiger partial charge is 0.311 e. The molecule has 114 valence electrons. The number of nitrogens with zero attached hydrogens (tertiary/aromatic N) is 1. The van der Waals surface area contributed by atoms with Gasteiger partial charge in [0.1, 0.15) is 5.82 Å². The van der Waals surface area contributed by atoms with E-state index in [0.29, 0.717) is 5.75 Å². The average molecular weight is 315 g/mol. The maximum absolute atomic E-state index is 12.9. The lowest BCUT2D eigenvalue weighted by Crippen LogP contribution is -2.36. The van der Waals surface area contributed by atoms with Crippen LogP contribution in [0.2, 0.25) is 0 Å². The number of fused-ring (bicyclic) bond motifs is 1. The predicted molar refractivity (Wildman–Crippen MR) is 89.7 cm³/mol. The third-order valence-corrected chi connectivity index (χ3v) is 4.81. The van der Waals surface area contributed by atoms with Gasteiger partial charge in [-0.25, -0.2) is 4.39 Å². The maximum Gasteiger partial charge on any atom is 0.236 e. The van der Waals surface area contributed by atoms with Crippen LogP contribution in [0.1, 0.15) is 17.5 Å². The van der Waals surface area contributed by atoms with E-state index in [2.05, 4.69) is 6.07 Å². The molecule has 0 N–H and O–H groups in total. The molecule has 2 aromatic carbocycles. The van der Waals surface area contributed by atoms with Crippen LogP contribution >= 0.6 is 11.8 Å². The van der Waals surface area contributed by atoms with E-state index in [1.807, 2.05) is 23.1 Å². The SMILES string of the molecule is O=C(CSCc1ccc(F)cc1)N1CCCc2ccccc21. The lowest BCUT2D eigenvalue weighted by molar-refractivity contribution is -0.116. The number of carbonyl (C=O) groups excluding carboxylic acids is 1. The maximum atomic E-state index is 12.9. The van der Waals surface area contributed by atoms with Crippen LogP contribution in [0.4, 0.5) is 10.1 Å². The van der Waals surface area contributed by atoms with Crippen molar-refractivity contribution in [3.63, 3.8) is 0 Å². The fourth-order valence-electron chi connectivity index (χ4n) is 2.71. The van der Waals surface area contributed by atoms with E-state index in [1.165, 1.54) is 17.7 Å². The van der Waals surface area contributed by atoms with Gasteiger partial charge in [0.15, 0.2) is 0 Å². The molecule has 2 aromatic rings. The van der Waals surface area contributed by atoms with Gasteiger partial charge in [-0.2, -0.15) is 0 Å². The summed E-state index contributed by atoms with van der Waals surface area (Å²) in [7, 11) is 0. The molecule has 0 fully saturated rings. The lowest BCUT2D eigenvalue weighted by atomic mass is 10.0. The van der Waals surface area contributed by atoms with Gasteiger partial charge in [-0.15, -0.1) is 11.8 Å². The first-order chi connectivity index (χ1) is 10.7. The molecular weight excluding hydrogens is 297 g/mol. The number of aryl methyl sites for hydroxylation is 1. The molecular formula is C18H18FNOS. The zero-order valence-electron chi connectivity index (χ0n) is 12.3. The smallest absolute Gasteiger partial charge is 0.236 e. The highest BCUT2D eigenvalue weighted by molar-refractivity contribution is 7.99. The van der Waals surface area contributed by atoms with Crippen molar-refractivity contribution in [3.05, 3.63) is 65.5 Å². The summed E-state index contributed by atoms with van der Waals surface area (Å²) in [5.41, 5.74) is 3.35. The fourth-order valence-corrected chi connectivity index (χ4v) is 3.57. The second-order valence-electron chi connectivity index (χ2n) is 5.40. The van der Waals surface area contributed by atoms with Crippen LogP contribution in [0.3, 0.4) is 0 Å². The van der Waals surface area contributed by atoms with Gasteiger partial charge in [0.05, 0.1) is 5.75 Å². The summed E-state index contributed by atoms with van der Waals surface area (Å²) in [6.07, 6.45) is 2.06. The molecule has 1 heterocycles. The number of hydrogen-bond donors (Lipinski definition) is 0. The Morgan fingerprint density at radius 1 is 1.14 bits per heavy atom. The zero-order valence-corrected chi connectivity index (χ0v) is 13.1. The Bertz CT molecular complexity index is 656. The van der Waals surface area contributed by atoms with Gasteiger partial charge in [-0.05, 0) is 42.2 Å². The Morgan fingerprint density at radius 3 is 2.73 bits per heavy atom. The first-order valence-corrected chi connectivity index (χ1v) is 8.60. The van der Waals surface area contributed by atoms with Crippen molar-refractivity contribution in [2.24, 2.45) is 0 Å². The molecule has 0 unspecified atom stereocenters. The third kappa shape index (κ3) is 3.50. The number of amides is 1. The van der Waals surface area contributed by atoms with Crippen molar-refractivity contribution in [1.29, 1.82) is 0 Å². The second-order valence-corrected chi connectivity index (χ2v) is 6.38. The molecule has 4 heteroatoms. The van der Waals surface area contributed by atoms with Crippen molar-refractivity contribution in [1.82, 2.24) is 0 Å². The molecule has 0 aliphatic carbocycles. The van der Waals surface area contributed by atoms with Gasteiger partial charge in [-0.1, -0.05) is 30.3 Å². The van der Waals surface area contributed by atoms with E-state index < -0.39 is 0 Å². The molecule has 0 atom stereocenters. The molecule has 1 amide bonds. The molecule has 0 saturated heterocycles. The van der Waals surface area contributed by atoms with E-state index in [4.69, 9.17) is 0 Å². The number of rotatable bonds is 4. The van der Waals surface area contributed by atoms with Gasteiger partial charge in [0.2, 0.25) is 5.91 Å². The minimum atomic E-state index is -0.227. The van der Waals surface area contributed by atoms with Crippen molar-refractivity contribution in [3.8, 4) is 0 Å². The number of para-hydroxylation sites is 1. The molecule has 22 heavy (non-hydrogen) atoms. The van der Waals surface area contributed by atoms with Gasteiger partial charge in [0, 0.05) is 18.0 Å². The normalized spacial score (nSPS) is 13.8. The Balaban J connectivity index is 1.58. The first kappa shape index (κ1) is 15.1. The van der Waals surface area contributed by atoms with Gasteiger partial charge >= 0.3 is 0 Å². The third-order valence-electron chi connectivity index (χ3n) is 3.82. The summed E-state index contributed by atoms with van der Waals surface area (Å²) in [5, 5.41) is 0. The van der Waals surface area contributed by atoms with Crippen LogP contribution in [0.15, 0.2) is 48.5 Å². The van der Waals surface area contributed by atoms with Crippen LogP contribution in [0, 0.1) is 5.82 Å². The minimum Gasteiger partial charge on any atom is -0.311 e. The first-order valence-electron chi connectivity index (χ1n) is 7.44. The molecule has 0 bridgehead atoms. The number of thioether (sulfide) groups is 1. The minimum absolute atomic E-state index is 0.152. The number of benzene rings is 2. The van der Waals surface area contributed by atoms with E-state index in [9.17, 15) is 9.18 Å². The summed E-state index contributed by atoms with van der Waals surface area (Å²) in [4.78, 5) is 14.3. The summed E-state index contributed by atoms with van der Waals surface area (Å²) in [6, 6.07) is 14.6. The van der Waals surface area contributed by atoms with E-state index in [1.54, 1.807) is 23.9 Å². The number of carbonyl (C=O) groups is 1. The average Bonchev–Trinajstić information content (AvgIpc) is 2.56. The predicted octanol–water partition coefficient (Wildman–Crippen LogP) is 4.04. The second kappa shape index (κ2) is 6.97. The Labute approximate surface area is 134 Å². The van der Waals surface area contributed by atoms with Crippen molar-refractivity contribution in [2.45, 2.75) is 18.6 Å². The number of hydrogen-bond acceptors (Lipinski definition) is 2. The van der Waals surface area contributed by atoms with Crippen LogP contribution in [-0.4, -0.2) is 18.2 Å². The molecule has 1 aliphatic rings. The highest BCUT2D eigenvalue weighted by atomic mass is 32.2. The van der Waals surface area contributed by atoms with Crippen LogP contribution in [0.5, 0.6) is 0 Å². The highest BCUT2D eigenvalue weighted by Crippen LogP contribution is 2.27. The number of halogens is 1. The quantitative estimate of drug-likeness (QED) is 0.849. The van der Waals surface area contributed by atoms with Crippen molar-refractivity contribution < 1.29 is 9.18 Å². The van der Waals surface area contributed by atoms with Gasteiger partial charge in [0.25, 0.3) is 0 Å². The Hall–Kier alpha value is -1.81. The fraction of sp³-hybridized carbons (Fsp3) is 0.278. The van der Waals surface area contributed by atoms with Crippen molar-refractivity contribution in [2.75, 3.05) is 17.2 Å². The van der Waals surface area contributed by atoms with Crippen LogP contribution < -0.4 is 4.90 Å². The summed E-state index contributed by atoms with van der Waals surface area (Å²) < 4.78 is 12.9. The van der Waals surface area contributed by atoms with Crippen molar-refractivity contribution >= 4 is 23.4 Å². The molecule has 0 radical (unpaired) electrons. The summed E-state index contributed by atoms with van der Waals surface area (Å²) >= 11 is 1.57. The Morgan fingerprint density at radius 2 is 1.91 bits per heavy atom. The molecule has 0 saturated carbocycles. The zero-order chi connectivity index (χ0) is 15.4. The monoisotopic (exact) mass is 315 g/mol. The van der Waals surface area contributed by atoms with E-state index >= 15 is 0 Å². The molecule has 0 spiro atoms. The Kier molecular flexibility index (Phi) is 4.78. The molecule has 2 nitrogen and oxygen atoms in total. The van der Waals surface area contributed by atoms with E-state index in [-0.39, 0.29) is 11.7 Å². The van der Waals surface area contributed by atoms with Crippen LogP contribution in [-0.2, 0) is 17.0 Å². The van der Waals surface area contributed by atoms with Gasteiger partial charge < -0.3 is 4.90 Å². The highest BCUT2D eigenvalue weighted by Gasteiger charge is 2.21. The lowest BCUT2D eigenvalue weighted by Gasteiger charge is -2.29. The standard InChI is InChI=1S/C18H18FNOS/c19-16-9-7-14(8-10-16)12-22-13-18(21)20-11-3-5-15-4-1-2-6-17(15)20/h1-2,4,6-10H,3,5,11-13H2.